The second-order valence-corrected chi connectivity index (χ2v) is 11.0. The Morgan fingerprint density at radius 1 is 1.05 bits per heavy atom. The molecule has 3 aromatic carbocycles. The topological polar surface area (TPSA) is 65.6 Å². The van der Waals surface area contributed by atoms with E-state index in [9.17, 15) is 9.59 Å². The Hall–Kier alpha value is -4.20. The fourth-order valence-corrected chi connectivity index (χ4v) is 6.35. The number of ether oxygens (including phenoxy) is 1. The maximum absolute atomic E-state index is 14.0. The first kappa shape index (κ1) is 26.0. The zero-order chi connectivity index (χ0) is 27.8. The number of carbonyl (C=O) groups excluding carboxylic acids is 1. The number of carbonyl (C=O) groups is 1. The first-order valence-corrected chi connectivity index (χ1v) is 14.2. The van der Waals surface area contributed by atoms with Crippen molar-refractivity contribution in [2.24, 2.45) is 4.99 Å². The second-order valence-electron chi connectivity index (χ2n) is 9.57. The van der Waals surface area contributed by atoms with Gasteiger partial charge in [0.05, 0.1) is 28.5 Å². The molecular weight excluding hydrogens is 542 g/mol. The molecule has 8 heteroatoms. The number of aromatic nitrogens is 2. The van der Waals surface area contributed by atoms with Gasteiger partial charge in [0, 0.05) is 34.2 Å². The van der Waals surface area contributed by atoms with E-state index >= 15 is 0 Å². The Balaban J connectivity index is 1.50. The maximum Gasteiger partial charge on any atom is 0.338 e. The van der Waals surface area contributed by atoms with Crippen LogP contribution in [0, 0.1) is 0 Å². The van der Waals surface area contributed by atoms with Crippen molar-refractivity contribution >= 4 is 45.9 Å². The molecule has 0 radical (unpaired) electrons. The Bertz CT molecular complexity index is 1950. The Kier molecular flexibility index (Phi) is 7.00. The lowest BCUT2D eigenvalue weighted by atomic mass is 9.96. The van der Waals surface area contributed by atoms with Crippen LogP contribution in [0.5, 0.6) is 0 Å². The van der Waals surface area contributed by atoms with E-state index in [0.29, 0.717) is 32.2 Å². The van der Waals surface area contributed by atoms with E-state index in [1.165, 1.54) is 11.3 Å². The third-order valence-electron chi connectivity index (χ3n) is 7.00. The average molecular weight is 568 g/mol. The van der Waals surface area contributed by atoms with E-state index in [1.54, 1.807) is 18.4 Å². The monoisotopic (exact) mass is 567 g/mol. The van der Waals surface area contributed by atoms with E-state index in [0.717, 1.165) is 27.6 Å². The van der Waals surface area contributed by atoms with Gasteiger partial charge in [0.2, 0.25) is 0 Å². The largest absolute Gasteiger partial charge is 0.463 e. The Morgan fingerprint density at radius 2 is 1.77 bits per heavy atom. The Morgan fingerprint density at radius 3 is 2.52 bits per heavy atom. The van der Waals surface area contributed by atoms with Crippen LogP contribution in [0.3, 0.4) is 0 Å². The highest BCUT2D eigenvalue weighted by atomic mass is 35.5. The number of para-hydroxylation sites is 1. The third-order valence-corrected chi connectivity index (χ3v) is 8.24. The molecule has 0 unspecified atom stereocenters. The molecule has 0 saturated heterocycles. The molecular formula is C32H26ClN3O3S. The van der Waals surface area contributed by atoms with Crippen LogP contribution in [-0.4, -0.2) is 21.7 Å². The van der Waals surface area contributed by atoms with Gasteiger partial charge in [-0.2, -0.15) is 0 Å². The van der Waals surface area contributed by atoms with Gasteiger partial charge in [-0.05, 0) is 49.2 Å². The smallest absolute Gasteiger partial charge is 0.338 e. The van der Waals surface area contributed by atoms with Gasteiger partial charge in [0.15, 0.2) is 4.80 Å². The maximum atomic E-state index is 14.0. The lowest BCUT2D eigenvalue weighted by Crippen LogP contribution is -2.39. The van der Waals surface area contributed by atoms with Crippen molar-refractivity contribution in [1.29, 1.82) is 0 Å². The van der Waals surface area contributed by atoms with Crippen LogP contribution in [-0.2, 0) is 16.1 Å². The normalized spacial score (nSPS) is 15.3. The van der Waals surface area contributed by atoms with Gasteiger partial charge in [-0.25, -0.2) is 9.79 Å². The minimum atomic E-state index is -0.620. The highest BCUT2D eigenvalue weighted by Crippen LogP contribution is 2.30. The predicted octanol–water partition coefficient (Wildman–Crippen LogP) is 5.45. The van der Waals surface area contributed by atoms with Crippen molar-refractivity contribution in [1.82, 2.24) is 9.13 Å². The summed E-state index contributed by atoms with van der Waals surface area (Å²) in [5.74, 6) is -0.461. The predicted molar refractivity (Wildman–Crippen MR) is 159 cm³/mol. The molecule has 1 aliphatic heterocycles. The van der Waals surface area contributed by atoms with Gasteiger partial charge in [-0.1, -0.05) is 83.6 Å². The number of esters is 1. The lowest BCUT2D eigenvalue weighted by Gasteiger charge is -2.24. The zero-order valence-electron chi connectivity index (χ0n) is 22.0. The van der Waals surface area contributed by atoms with Gasteiger partial charge in [0.25, 0.3) is 5.56 Å². The summed E-state index contributed by atoms with van der Waals surface area (Å²) in [7, 11) is 0. The van der Waals surface area contributed by atoms with Crippen molar-refractivity contribution < 1.29 is 9.53 Å². The summed E-state index contributed by atoms with van der Waals surface area (Å²) in [5, 5.41) is 1.75. The van der Waals surface area contributed by atoms with Crippen LogP contribution in [0.4, 0.5) is 0 Å². The molecule has 0 spiro atoms. The van der Waals surface area contributed by atoms with E-state index in [2.05, 4.69) is 27.9 Å². The second kappa shape index (κ2) is 10.8. The molecule has 0 aliphatic carbocycles. The Labute approximate surface area is 239 Å². The molecule has 3 heterocycles. The lowest BCUT2D eigenvalue weighted by molar-refractivity contribution is -0.139. The van der Waals surface area contributed by atoms with E-state index in [-0.39, 0.29) is 12.2 Å². The SMILES string of the molecule is CCOC(=O)C1=C(C)N=c2s/c(=C/c3cn(Cc4ccc(Cl)cc4)c4ccccc34)c(=O)n2[C@@H]1c1ccccc1. The first-order chi connectivity index (χ1) is 19.4. The average Bonchev–Trinajstić information content (AvgIpc) is 3.46. The van der Waals surface area contributed by atoms with Crippen molar-refractivity contribution in [2.75, 3.05) is 6.61 Å². The molecule has 6 rings (SSSR count). The molecule has 5 aromatic rings. The molecule has 2 aromatic heterocycles. The summed E-state index contributed by atoms with van der Waals surface area (Å²) < 4.78 is 9.73. The fraction of sp³-hybridized carbons (Fsp3) is 0.156. The number of benzene rings is 3. The summed E-state index contributed by atoms with van der Waals surface area (Å²) in [5.41, 5.74) is 4.70. The highest BCUT2D eigenvalue weighted by Gasteiger charge is 2.33. The number of halogens is 1. The third kappa shape index (κ3) is 4.72. The quantitative estimate of drug-likeness (QED) is 0.256. The van der Waals surface area contributed by atoms with Crippen molar-refractivity contribution in [2.45, 2.75) is 26.4 Å². The van der Waals surface area contributed by atoms with Crippen molar-refractivity contribution in [3.05, 3.63) is 138 Å². The standard InChI is InChI=1S/C32H26ClN3O3S/c1-3-39-31(38)28-20(2)34-32-36(29(28)22-9-5-4-6-10-22)30(37)27(40-32)17-23-19-35(26-12-8-7-11-25(23)26)18-21-13-15-24(33)16-14-21/h4-17,19,29H,3,18H2,1-2H3/b27-17+/t29-/m1/s1. The van der Waals surface area contributed by atoms with Crippen LogP contribution >= 0.6 is 22.9 Å². The molecule has 0 fully saturated rings. The number of allylic oxidation sites excluding steroid dienone is 1. The van der Waals surface area contributed by atoms with Crippen LogP contribution in [0.15, 0.2) is 106 Å². The van der Waals surface area contributed by atoms with Crippen molar-refractivity contribution in [3.8, 4) is 0 Å². The van der Waals surface area contributed by atoms with Gasteiger partial charge in [-0.15, -0.1) is 0 Å². The van der Waals surface area contributed by atoms with E-state index < -0.39 is 12.0 Å². The molecule has 0 bridgehead atoms. The van der Waals surface area contributed by atoms with Crippen LogP contribution in [0.1, 0.15) is 36.6 Å². The molecule has 40 heavy (non-hydrogen) atoms. The summed E-state index contributed by atoms with van der Waals surface area (Å²) in [6.45, 7) is 4.47. The first-order valence-electron chi connectivity index (χ1n) is 13.0. The highest BCUT2D eigenvalue weighted by molar-refractivity contribution is 7.07. The molecule has 200 valence electrons. The van der Waals surface area contributed by atoms with Crippen LogP contribution < -0.4 is 14.9 Å². The number of hydrogen-bond donors (Lipinski definition) is 0. The van der Waals surface area contributed by atoms with Crippen molar-refractivity contribution in [3.63, 3.8) is 0 Å². The summed E-state index contributed by atoms with van der Waals surface area (Å²) in [4.78, 5) is 32.3. The number of nitrogens with zero attached hydrogens (tertiary/aromatic N) is 3. The molecule has 1 aliphatic rings. The van der Waals surface area contributed by atoms with Gasteiger partial charge in [0.1, 0.15) is 0 Å². The molecule has 6 nitrogen and oxygen atoms in total. The van der Waals surface area contributed by atoms with Gasteiger partial charge >= 0.3 is 5.97 Å². The van der Waals surface area contributed by atoms with Crippen LogP contribution in [0.25, 0.3) is 17.0 Å². The molecule has 0 N–H and O–H groups in total. The minimum Gasteiger partial charge on any atom is -0.463 e. The number of hydrogen-bond acceptors (Lipinski definition) is 5. The summed E-state index contributed by atoms with van der Waals surface area (Å²) in [6, 6.07) is 24.9. The summed E-state index contributed by atoms with van der Waals surface area (Å²) in [6.07, 6.45) is 4.00. The molecule has 0 amide bonds. The zero-order valence-corrected chi connectivity index (χ0v) is 23.6. The van der Waals surface area contributed by atoms with E-state index in [1.807, 2.05) is 72.8 Å². The molecule has 1 atom stereocenters. The number of rotatable bonds is 6. The minimum absolute atomic E-state index is 0.193. The van der Waals surface area contributed by atoms with Crippen LogP contribution in [0.2, 0.25) is 5.02 Å². The van der Waals surface area contributed by atoms with E-state index in [4.69, 9.17) is 16.3 Å². The molecule has 0 saturated carbocycles. The number of thiazole rings is 1. The summed E-state index contributed by atoms with van der Waals surface area (Å²) >= 11 is 7.41. The van der Waals surface area contributed by atoms with Gasteiger partial charge < -0.3 is 9.30 Å². The fourth-order valence-electron chi connectivity index (χ4n) is 5.19. The number of fused-ring (bicyclic) bond motifs is 2. The van der Waals surface area contributed by atoms with Gasteiger partial charge in [-0.3, -0.25) is 9.36 Å².